The number of halogens is 1. The van der Waals surface area contributed by atoms with Gasteiger partial charge in [0.1, 0.15) is 40.8 Å². The highest BCUT2D eigenvalue weighted by Crippen LogP contribution is 2.34. The number of fused-ring (bicyclic) bond motifs is 2. The van der Waals surface area contributed by atoms with Crippen LogP contribution in [0.1, 0.15) is 12.5 Å². The molecule has 38 heavy (non-hydrogen) atoms. The van der Waals surface area contributed by atoms with E-state index in [1.165, 1.54) is 12.4 Å². The maximum absolute atomic E-state index is 15.3. The molecule has 0 spiro atoms. The summed E-state index contributed by atoms with van der Waals surface area (Å²) in [4.78, 5) is 27.2. The number of hydrogen-bond donors (Lipinski definition) is 1. The maximum atomic E-state index is 15.3. The molecule has 0 radical (unpaired) electrons. The Balaban J connectivity index is 1.30. The molecule has 6 rings (SSSR count). The lowest BCUT2D eigenvalue weighted by molar-refractivity contribution is -0.114. The van der Waals surface area contributed by atoms with Gasteiger partial charge in [0.2, 0.25) is 0 Å². The molecule has 0 bridgehead atoms. The Morgan fingerprint density at radius 2 is 1.97 bits per heavy atom. The Bertz CT molecular complexity index is 1770. The summed E-state index contributed by atoms with van der Waals surface area (Å²) < 4.78 is 22.9. The van der Waals surface area contributed by atoms with E-state index in [4.69, 9.17) is 4.74 Å². The number of rotatable bonds is 5. The van der Waals surface area contributed by atoms with Crippen molar-refractivity contribution in [3.63, 3.8) is 0 Å². The zero-order valence-electron chi connectivity index (χ0n) is 20.9. The molecule has 0 saturated carbocycles. The van der Waals surface area contributed by atoms with Gasteiger partial charge in [-0.2, -0.15) is 0 Å². The van der Waals surface area contributed by atoms with Gasteiger partial charge < -0.3 is 10.1 Å². The van der Waals surface area contributed by atoms with E-state index in [1.807, 2.05) is 27.0 Å². The minimum Gasteiger partial charge on any atom is -0.457 e. The minimum absolute atomic E-state index is 0.0324. The predicted molar refractivity (Wildman–Crippen MR) is 141 cm³/mol. The van der Waals surface area contributed by atoms with Gasteiger partial charge in [-0.3, -0.25) is 9.69 Å². The minimum atomic E-state index is -0.521. The van der Waals surface area contributed by atoms with E-state index in [2.05, 4.69) is 37.2 Å². The number of carbonyl (C=O) groups excluding carboxylic acids is 1. The zero-order valence-corrected chi connectivity index (χ0v) is 20.9. The molecular weight excluding hydrogens is 487 g/mol. The fraction of sp³-hybridized carbons (Fsp3) is 0.185. The van der Waals surface area contributed by atoms with Crippen molar-refractivity contribution in [2.75, 3.05) is 16.8 Å². The van der Waals surface area contributed by atoms with Crippen molar-refractivity contribution >= 4 is 45.2 Å². The Kier molecular flexibility index (Phi) is 5.48. The number of ether oxygens (including phenoxy) is 1. The lowest BCUT2D eigenvalue weighted by atomic mass is 10.1. The lowest BCUT2D eigenvalue weighted by Crippen LogP contribution is -2.25. The van der Waals surface area contributed by atoms with Gasteiger partial charge in [0.05, 0.1) is 22.9 Å². The van der Waals surface area contributed by atoms with E-state index in [1.54, 1.807) is 40.0 Å². The first-order valence-electron chi connectivity index (χ1n) is 11.9. The summed E-state index contributed by atoms with van der Waals surface area (Å²) >= 11 is 0. The second-order valence-electron chi connectivity index (χ2n) is 9.31. The van der Waals surface area contributed by atoms with Crippen molar-refractivity contribution in [3.05, 3.63) is 72.5 Å². The number of aromatic nitrogens is 6. The number of amides is 1. The number of aryl methyl sites for hydroxylation is 2. The summed E-state index contributed by atoms with van der Waals surface area (Å²) in [7, 11) is 1.81. The van der Waals surface area contributed by atoms with Crippen molar-refractivity contribution in [2.24, 2.45) is 13.0 Å². The van der Waals surface area contributed by atoms with E-state index in [-0.39, 0.29) is 17.5 Å². The first-order valence-corrected chi connectivity index (χ1v) is 11.9. The van der Waals surface area contributed by atoms with Gasteiger partial charge >= 0.3 is 0 Å². The van der Waals surface area contributed by atoms with Crippen molar-refractivity contribution in [2.45, 2.75) is 13.8 Å². The number of hydrogen-bond acceptors (Lipinski definition) is 8. The number of nitrogens with zero attached hydrogens (tertiary/aromatic N) is 7. The molecule has 5 aromatic rings. The van der Waals surface area contributed by atoms with Crippen LogP contribution < -0.4 is 15.0 Å². The first-order chi connectivity index (χ1) is 18.3. The average Bonchev–Trinajstić information content (AvgIpc) is 3.40. The fourth-order valence-electron chi connectivity index (χ4n) is 4.45. The summed E-state index contributed by atoms with van der Waals surface area (Å²) in [6.45, 7) is 8.15. The second-order valence-corrected chi connectivity index (χ2v) is 9.31. The summed E-state index contributed by atoms with van der Waals surface area (Å²) in [6.07, 6.45) is 2.95. The highest BCUT2D eigenvalue weighted by atomic mass is 19.1. The third-order valence-corrected chi connectivity index (χ3v) is 6.68. The van der Waals surface area contributed by atoms with Crippen molar-refractivity contribution in [1.29, 1.82) is 0 Å². The number of benzene rings is 2. The Morgan fingerprint density at radius 1 is 1.13 bits per heavy atom. The number of pyridine rings is 1. The third-order valence-electron chi connectivity index (χ3n) is 6.68. The van der Waals surface area contributed by atoms with Gasteiger partial charge in [-0.1, -0.05) is 18.7 Å². The van der Waals surface area contributed by atoms with Crippen molar-refractivity contribution in [3.8, 4) is 11.5 Å². The van der Waals surface area contributed by atoms with Crippen molar-refractivity contribution < 1.29 is 13.9 Å². The Morgan fingerprint density at radius 3 is 2.76 bits per heavy atom. The summed E-state index contributed by atoms with van der Waals surface area (Å²) in [5.41, 5.74) is 3.58. The van der Waals surface area contributed by atoms with Crippen LogP contribution in [0.3, 0.4) is 0 Å². The fourth-order valence-corrected chi connectivity index (χ4v) is 4.45. The van der Waals surface area contributed by atoms with Crippen molar-refractivity contribution in [1.82, 2.24) is 29.9 Å². The highest BCUT2D eigenvalue weighted by Gasteiger charge is 2.32. The van der Waals surface area contributed by atoms with E-state index in [0.717, 1.165) is 5.52 Å². The monoisotopic (exact) mass is 510 g/mol. The van der Waals surface area contributed by atoms with Crippen LogP contribution in [0.15, 0.2) is 61.1 Å². The summed E-state index contributed by atoms with van der Waals surface area (Å²) in [5, 5.41) is 11.8. The Labute approximate surface area is 216 Å². The Hall–Kier alpha value is -4.93. The molecule has 4 heterocycles. The molecule has 0 aliphatic carbocycles. The number of carbonyl (C=O) groups is 1. The van der Waals surface area contributed by atoms with E-state index < -0.39 is 5.82 Å². The molecule has 1 aliphatic heterocycles. The topological polar surface area (TPSA) is 111 Å². The SMILES string of the molecule is C=C1C(=O)N(c2cc3c(Nc4cc(C)c(Oc5ccc6c(c5)nnn6C)cc4F)ncnc3cn2)CC1C. The van der Waals surface area contributed by atoms with Gasteiger partial charge in [-0.05, 0) is 36.8 Å². The van der Waals surface area contributed by atoms with E-state index in [0.29, 0.717) is 57.2 Å². The smallest absolute Gasteiger partial charge is 0.255 e. The van der Waals surface area contributed by atoms with Crippen LogP contribution in [0.5, 0.6) is 11.5 Å². The molecule has 1 saturated heterocycles. The van der Waals surface area contributed by atoms with E-state index in [9.17, 15) is 4.79 Å². The quantitative estimate of drug-likeness (QED) is 0.335. The molecule has 1 fully saturated rings. The average molecular weight is 511 g/mol. The van der Waals surface area contributed by atoms with Crippen LogP contribution in [0.25, 0.3) is 21.9 Å². The number of nitrogens with one attached hydrogen (secondary N) is 1. The molecule has 10 nitrogen and oxygen atoms in total. The van der Waals surface area contributed by atoms with Crippen LogP contribution in [-0.4, -0.2) is 42.4 Å². The second kappa shape index (κ2) is 8.87. The molecular formula is C27H23FN8O2. The zero-order chi connectivity index (χ0) is 26.6. The molecule has 190 valence electrons. The lowest BCUT2D eigenvalue weighted by Gasteiger charge is -2.16. The van der Waals surface area contributed by atoms with Crippen LogP contribution in [0.2, 0.25) is 0 Å². The molecule has 1 N–H and O–H groups in total. The van der Waals surface area contributed by atoms with Crippen LogP contribution in [0.4, 0.5) is 21.7 Å². The predicted octanol–water partition coefficient (Wildman–Crippen LogP) is 4.83. The molecule has 1 atom stereocenters. The van der Waals surface area contributed by atoms with Crippen LogP contribution >= 0.6 is 0 Å². The molecule has 2 aromatic carbocycles. The first kappa shape index (κ1) is 23.5. The maximum Gasteiger partial charge on any atom is 0.255 e. The third kappa shape index (κ3) is 3.97. The highest BCUT2D eigenvalue weighted by molar-refractivity contribution is 6.08. The number of anilines is 3. The van der Waals surface area contributed by atoms with Gasteiger partial charge in [-0.15, -0.1) is 5.10 Å². The molecule has 1 unspecified atom stereocenters. The van der Waals surface area contributed by atoms with Gasteiger partial charge in [-0.25, -0.2) is 24.0 Å². The van der Waals surface area contributed by atoms with Gasteiger partial charge in [0, 0.05) is 42.6 Å². The van der Waals surface area contributed by atoms with Gasteiger partial charge in [0.15, 0.2) is 0 Å². The van der Waals surface area contributed by atoms with E-state index >= 15 is 4.39 Å². The summed E-state index contributed by atoms with van der Waals surface area (Å²) in [5.74, 6) is 1.10. The molecule has 11 heteroatoms. The molecule has 1 amide bonds. The molecule has 1 aliphatic rings. The largest absolute Gasteiger partial charge is 0.457 e. The van der Waals surface area contributed by atoms with Crippen LogP contribution in [0, 0.1) is 18.7 Å². The normalized spacial score (nSPS) is 15.6. The van der Waals surface area contributed by atoms with Crippen LogP contribution in [-0.2, 0) is 11.8 Å². The standard InChI is InChI=1S/C27H23FN8O2/c1-14-7-20(19(28)10-24(14)38-17-5-6-23-21(8-17)33-34-35(23)4)32-26-18-9-25(29-11-22(18)30-13-31-26)36-12-15(2)16(3)27(36)37/h5-11,13,15H,3,12H2,1-2,4H3,(H,30,31,32). The summed E-state index contributed by atoms with van der Waals surface area (Å²) in [6, 6.07) is 10.1. The van der Waals surface area contributed by atoms with Gasteiger partial charge in [0.25, 0.3) is 5.91 Å². The molecule has 3 aromatic heterocycles.